The molecule has 0 N–H and O–H groups in total. The third-order valence-electron chi connectivity index (χ3n) is 1.70. The lowest BCUT2D eigenvalue weighted by Crippen LogP contribution is -2.58. The molecule has 4 heteroatoms. The van der Waals surface area contributed by atoms with Crippen LogP contribution in [0.15, 0.2) is 0 Å². The van der Waals surface area contributed by atoms with Crippen molar-refractivity contribution in [3.05, 3.63) is 0 Å². The fourth-order valence-corrected chi connectivity index (χ4v) is 2.38. The summed E-state index contributed by atoms with van der Waals surface area (Å²) < 4.78 is 12.5. The van der Waals surface area contributed by atoms with Crippen LogP contribution in [-0.4, -0.2) is 34.7 Å². The van der Waals surface area contributed by atoms with Gasteiger partial charge in [-0.2, -0.15) is 0 Å². The molecular weight excluding hydrogens is 141 g/mol. The zero-order valence-electron chi connectivity index (χ0n) is 4.71. The standard InChI is InChI=1S/C5H6FNOS/c6-3-4(8)7-1-2-9-5(3)7/h3,5H,1-2H2/t3-,5+/m0/s1. The summed E-state index contributed by atoms with van der Waals surface area (Å²) in [5.74, 6) is 0.585. The first-order valence-electron chi connectivity index (χ1n) is 2.87. The summed E-state index contributed by atoms with van der Waals surface area (Å²) in [6.07, 6.45) is -1.20. The first kappa shape index (κ1) is 5.53. The zero-order valence-corrected chi connectivity index (χ0v) is 5.53. The normalized spacial score (nSPS) is 40.6. The largest absolute Gasteiger partial charge is 0.324 e. The number of carbonyl (C=O) groups excluding carboxylic acids is 1. The number of thioether (sulfide) groups is 1. The third kappa shape index (κ3) is 0.542. The van der Waals surface area contributed by atoms with E-state index in [1.54, 1.807) is 4.90 Å². The van der Waals surface area contributed by atoms with Crippen molar-refractivity contribution in [2.24, 2.45) is 0 Å². The number of hydrogen-bond donors (Lipinski definition) is 0. The Balaban J connectivity index is 2.14. The minimum absolute atomic E-state index is 0.127. The summed E-state index contributed by atoms with van der Waals surface area (Å²) in [5.41, 5.74) is 0. The molecule has 0 unspecified atom stereocenters. The van der Waals surface area contributed by atoms with Gasteiger partial charge in [0.2, 0.25) is 6.17 Å². The quantitative estimate of drug-likeness (QED) is 0.457. The Labute approximate surface area is 56.4 Å². The smallest absolute Gasteiger partial charge is 0.261 e. The number of rotatable bonds is 0. The van der Waals surface area contributed by atoms with Crippen molar-refractivity contribution < 1.29 is 9.18 Å². The van der Waals surface area contributed by atoms with Crippen LogP contribution < -0.4 is 0 Å². The van der Waals surface area contributed by atoms with Gasteiger partial charge in [0.25, 0.3) is 5.91 Å². The molecule has 9 heavy (non-hydrogen) atoms. The molecule has 0 radical (unpaired) electrons. The van der Waals surface area contributed by atoms with Crippen LogP contribution in [-0.2, 0) is 4.79 Å². The summed E-state index contributed by atoms with van der Waals surface area (Å²) >= 11 is 1.53. The van der Waals surface area contributed by atoms with Gasteiger partial charge in [0.15, 0.2) is 0 Å². The van der Waals surface area contributed by atoms with Gasteiger partial charge in [-0.1, -0.05) is 0 Å². The first-order valence-corrected chi connectivity index (χ1v) is 3.92. The molecule has 2 saturated heterocycles. The van der Waals surface area contributed by atoms with Crippen molar-refractivity contribution in [3.8, 4) is 0 Å². The van der Waals surface area contributed by atoms with Gasteiger partial charge < -0.3 is 4.90 Å². The van der Waals surface area contributed by atoms with E-state index in [0.29, 0.717) is 0 Å². The molecule has 50 valence electrons. The second-order valence-electron chi connectivity index (χ2n) is 2.19. The highest BCUT2D eigenvalue weighted by atomic mass is 32.2. The lowest BCUT2D eigenvalue weighted by Gasteiger charge is -2.36. The van der Waals surface area contributed by atoms with Gasteiger partial charge in [0.05, 0.1) is 0 Å². The van der Waals surface area contributed by atoms with E-state index in [4.69, 9.17) is 0 Å². The maximum absolute atomic E-state index is 12.5. The minimum atomic E-state index is -1.20. The van der Waals surface area contributed by atoms with E-state index >= 15 is 0 Å². The van der Waals surface area contributed by atoms with E-state index in [1.165, 1.54) is 11.8 Å². The summed E-state index contributed by atoms with van der Waals surface area (Å²) in [5, 5.41) is -0.127. The number of carbonyl (C=O) groups is 1. The number of β-lactam (4-membered cyclic amide) rings is 1. The van der Waals surface area contributed by atoms with Crippen molar-refractivity contribution in [3.63, 3.8) is 0 Å². The predicted octanol–water partition coefficient (Wildman–Crippen LogP) is 0.240. The number of amides is 1. The number of fused-ring (bicyclic) bond motifs is 1. The Morgan fingerprint density at radius 3 is 3.22 bits per heavy atom. The van der Waals surface area contributed by atoms with Crippen molar-refractivity contribution >= 4 is 17.7 Å². The van der Waals surface area contributed by atoms with Crippen molar-refractivity contribution in [2.45, 2.75) is 11.5 Å². The van der Waals surface area contributed by atoms with Gasteiger partial charge in [0, 0.05) is 12.3 Å². The molecule has 0 saturated carbocycles. The van der Waals surface area contributed by atoms with Crippen molar-refractivity contribution in [1.82, 2.24) is 4.90 Å². The number of alkyl halides is 1. The predicted molar refractivity (Wildman–Crippen MR) is 32.9 cm³/mol. The molecule has 2 aliphatic rings. The molecule has 1 amide bonds. The molecular formula is C5H6FNOS. The molecule has 2 fully saturated rings. The number of hydrogen-bond acceptors (Lipinski definition) is 2. The van der Waals surface area contributed by atoms with Crippen LogP contribution in [0.5, 0.6) is 0 Å². The second-order valence-corrected chi connectivity index (χ2v) is 3.42. The zero-order chi connectivity index (χ0) is 6.43. The number of nitrogens with zero attached hydrogens (tertiary/aromatic N) is 1. The Morgan fingerprint density at radius 2 is 2.56 bits per heavy atom. The lowest BCUT2D eigenvalue weighted by molar-refractivity contribution is -0.150. The van der Waals surface area contributed by atoms with Crippen LogP contribution in [0.25, 0.3) is 0 Å². The van der Waals surface area contributed by atoms with Gasteiger partial charge in [-0.3, -0.25) is 4.79 Å². The Kier molecular flexibility index (Phi) is 0.997. The first-order chi connectivity index (χ1) is 4.30. The fourth-order valence-electron chi connectivity index (χ4n) is 1.17. The number of halogens is 1. The van der Waals surface area contributed by atoms with Crippen LogP contribution in [0.3, 0.4) is 0 Å². The van der Waals surface area contributed by atoms with E-state index in [2.05, 4.69) is 0 Å². The highest BCUT2D eigenvalue weighted by molar-refractivity contribution is 8.00. The Morgan fingerprint density at radius 1 is 1.78 bits per heavy atom. The van der Waals surface area contributed by atoms with Crippen molar-refractivity contribution in [2.75, 3.05) is 12.3 Å². The van der Waals surface area contributed by atoms with Gasteiger partial charge >= 0.3 is 0 Å². The fraction of sp³-hybridized carbons (Fsp3) is 0.800. The van der Waals surface area contributed by atoms with Crippen LogP contribution in [0.1, 0.15) is 0 Å². The molecule has 2 rings (SSSR count). The molecule has 0 aromatic heterocycles. The summed E-state index contributed by atoms with van der Waals surface area (Å²) in [7, 11) is 0. The van der Waals surface area contributed by atoms with Crippen LogP contribution in [0, 0.1) is 0 Å². The topological polar surface area (TPSA) is 20.3 Å². The molecule has 2 atom stereocenters. The van der Waals surface area contributed by atoms with E-state index in [0.717, 1.165) is 12.3 Å². The summed E-state index contributed by atoms with van der Waals surface area (Å²) in [6.45, 7) is 0.745. The van der Waals surface area contributed by atoms with E-state index in [-0.39, 0.29) is 11.3 Å². The minimum Gasteiger partial charge on any atom is -0.324 e. The van der Waals surface area contributed by atoms with Crippen LogP contribution in [0.2, 0.25) is 0 Å². The van der Waals surface area contributed by atoms with E-state index in [9.17, 15) is 9.18 Å². The maximum atomic E-state index is 12.5. The monoisotopic (exact) mass is 147 g/mol. The van der Waals surface area contributed by atoms with Crippen LogP contribution >= 0.6 is 11.8 Å². The van der Waals surface area contributed by atoms with Gasteiger partial charge in [-0.05, 0) is 0 Å². The Hall–Kier alpha value is -0.250. The molecule has 2 nitrogen and oxygen atoms in total. The van der Waals surface area contributed by atoms with Crippen LogP contribution in [0.4, 0.5) is 4.39 Å². The van der Waals surface area contributed by atoms with Crippen molar-refractivity contribution in [1.29, 1.82) is 0 Å². The molecule has 0 spiro atoms. The highest BCUT2D eigenvalue weighted by Crippen LogP contribution is 2.36. The summed E-state index contributed by atoms with van der Waals surface area (Å²) in [6, 6.07) is 0. The SMILES string of the molecule is O=C1[C@H](F)[C@H]2SCCN12. The second kappa shape index (κ2) is 1.62. The molecule has 0 bridgehead atoms. The molecule has 2 aliphatic heterocycles. The van der Waals surface area contributed by atoms with Gasteiger partial charge in [0.1, 0.15) is 5.37 Å². The lowest BCUT2D eigenvalue weighted by atomic mass is 10.2. The third-order valence-corrected chi connectivity index (χ3v) is 2.95. The summed E-state index contributed by atoms with van der Waals surface area (Å²) in [4.78, 5) is 12.2. The maximum Gasteiger partial charge on any atom is 0.261 e. The van der Waals surface area contributed by atoms with Gasteiger partial charge in [-0.25, -0.2) is 4.39 Å². The molecule has 0 aromatic rings. The van der Waals surface area contributed by atoms with E-state index < -0.39 is 6.17 Å². The molecule has 0 aliphatic carbocycles. The van der Waals surface area contributed by atoms with E-state index in [1.807, 2.05) is 0 Å². The average molecular weight is 147 g/mol. The van der Waals surface area contributed by atoms with Gasteiger partial charge in [-0.15, -0.1) is 11.8 Å². The highest BCUT2D eigenvalue weighted by Gasteiger charge is 2.50. The molecule has 0 aromatic carbocycles. The average Bonchev–Trinajstić information content (AvgIpc) is 2.30. The molecule has 2 heterocycles. The Bertz CT molecular complexity index is 163.